The van der Waals surface area contributed by atoms with E-state index in [1.807, 2.05) is 0 Å². The minimum absolute atomic E-state index is 0.0293. The van der Waals surface area contributed by atoms with E-state index in [-0.39, 0.29) is 49.1 Å². The van der Waals surface area contributed by atoms with Crippen molar-refractivity contribution < 1.29 is 38.2 Å². The summed E-state index contributed by atoms with van der Waals surface area (Å²) >= 11 is 0. The molecule has 52 heavy (non-hydrogen) atoms. The SMILES string of the molecule is CCCCC/C=C/C=C/CCCCCCCCCCCCC(=O)OCC(COCCC(C(=O)[O-])[N+](C)(C)C)OC(=O)CCC/C=C/CCCCCC. The maximum absolute atomic E-state index is 12.6. The van der Waals surface area contributed by atoms with Gasteiger partial charge >= 0.3 is 11.9 Å². The third-order valence-electron chi connectivity index (χ3n) is 9.28. The Hall–Kier alpha value is -2.45. The van der Waals surface area contributed by atoms with E-state index in [1.54, 1.807) is 21.1 Å². The zero-order valence-corrected chi connectivity index (χ0v) is 34.2. The number of ether oxygens (including phenoxy) is 3. The van der Waals surface area contributed by atoms with Crippen LogP contribution in [0.15, 0.2) is 36.5 Å². The summed E-state index contributed by atoms with van der Waals surface area (Å²) < 4.78 is 17.1. The van der Waals surface area contributed by atoms with Gasteiger partial charge in [-0.25, -0.2) is 0 Å². The molecule has 0 aliphatic heterocycles. The quantitative estimate of drug-likeness (QED) is 0.0206. The molecular weight excluding hydrogens is 654 g/mol. The van der Waals surface area contributed by atoms with E-state index >= 15 is 0 Å². The normalized spacial score (nSPS) is 13.3. The molecule has 2 atom stereocenters. The molecule has 0 aromatic heterocycles. The number of allylic oxidation sites excluding steroid dienone is 6. The molecule has 0 amide bonds. The maximum atomic E-state index is 12.6. The van der Waals surface area contributed by atoms with Gasteiger partial charge in [-0.15, -0.1) is 0 Å². The maximum Gasteiger partial charge on any atom is 0.306 e. The fourth-order valence-corrected chi connectivity index (χ4v) is 5.95. The molecule has 2 unspecified atom stereocenters. The van der Waals surface area contributed by atoms with Gasteiger partial charge in [-0.3, -0.25) is 9.59 Å². The number of nitrogens with zero attached hydrogens (tertiary/aromatic N) is 1. The molecule has 0 aliphatic rings. The first-order valence-corrected chi connectivity index (χ1v) is 21.0. The molecule has 0 aromatic rings. The average Bonchev–Trinajstić information content (AvgIpc) is 3.09. The molecule has 0 aromatic carbocycles. The van der Waals surface area contributed by atoms with E-state index < -0.39 is 18.1 Å². The summed E-state index contributed by atoms with van der Waals surface area (Å²) in [7, 11) is 5.39. The van der Waals surface area contributed by atoms with Gasteiger partial charge in [-0.2, -0.15) is 0 Å². The molecule has 8 heteroatoms. The molecule has 0 bridgehead atoms. The van der Waals surface area contributed by atoms with Gasteiger partial charge in [0.15, 0.2) is 6.10 Å². The number of rotatable bonds is 37. The van der Waals surface area contributed by atoms with Crippen molar-refractivity contribution in [1.82, 2.24) is 0 Å². The Kier molecular flexibility index (Phi) is 33.9. The number of likely N-dealkylation sites (N-methyl/N-ethyl adjacent to an activating group) is 1. The van der Waals surface area contributed by atoms with Crippen LogP contribution in [0.25, 0.3) is 0 Å². The number of hydrogen-bond donors (Lipinski definition) is 0. The van der Waals surface area contributed by atoms with Crippen LogP contribution in [-0.4, -0.2) is 75.5 Å². The second-order valence-electron chi connectivity index (χ2n) is 15.2. The molecule has 8 nitrogen and oxygen atoms in total. The Bertz CT molecular complexity index is 953. The highest BCUT2D eigenvalue weighted by atomic mass is 16.6. The van der Waals surface area contributed by atoms with E-state index in [2.05, 4.69) is 50.3 Å². The largest absolute Gasteiger partial charge is 0.544 e. The second-order valence-corrected chi connectivity index (χ2v) is 15.2. The highest BCUT2D eigenvalue weighted by molar-refractivity contribution is 5.70. The lowest BCUT2D eigenvalue weighted by atomic mass is 10.1. The first-order valence-electron chi connectivity index (χ1n) is 21.0. The summed E-state index contributed by atoms with van der Waals surface area (Å²) in [5.41, 5.74) is 0. The van der Waals surface area contributed by atoms with Crippen LogP contribution < -0.4 is 5.11 Å². The van der Waals surface area contributed by atoms with Gasteiger partial charge in [-0.05, 0) is 57.8 Å². The lowest BCUT2D eigenvalue weighted by Gasteiger charge is -2.34. The topological polar surface area (TPSA) is 102 Å². The lowest BCUT2D eigenvalue weighted by molar-refractivity contribution is -0.889. The summed E-state index contributed by atoms with van der Waals surface area (Å²) in [6.07, 6.45) is 38.9. The standard InChI is InChI=1S/C44H79NO7/c1-6-8-10-12-14-16-17-18-19-20-21-22-23-24-25-27-28-30-32-34-42(46)51-39-40(38-50-37-36-41(44(48)49)45(3,4)5)52-43(47)35-33-31-29-26-15-13-11-9-7-2/h14,16-18,26,29,40-41H,6-13,15,19-25,27-28,30-39H2,1-5H3/b16-14+,18-17+,29-26+. The summed E-state index contributed by atoms with van der Waals surface area (Å²) in [5, 5.41) is 11.6. The third kappa shape index (κ3) is 33.4. The fraction of sp³-hybridized carbons (Fsp3) is 0.795. The minimum Gasteiger partial charge on any atom is -0.544 e. The molecule has 0 rings (SSSR count). The third-order valence-corrected chi connectivity index (χ3v) is 9.28. The first kappa shape index (κ1) is 49.6. The summed E-state index contributed by atoms with van der Waals surface area (Å²) in [6, 6.07) is -0.728. The van der Waals surface area contributed by atoms with E-state index in [0.717, 1.165) is 32.1 Å². The molecule has 0 saturated carbocycles. The zero-order chi connectivity index (χ0) is 38.5. The van der Waals surface area contributed by atoms with Crippen LogP contribution in [0, 0.1) is 0 Å². The predicted molar refractivity (Wildman–Crippen MR) is 213 cm³/mol. The second kappa shape index (κ2) is 35.6. The number of esters is 2. The van der Waals surface area contributed by atoms with Crippen molar-refractivity contribution in [3.63, 3.8) is 0 Å². The van der Waals surface area contributed by atoms with E-state index in [9.17, 15) is 19.5 Å². The number of unbranched alkanes of at least 4 members (excludes halogenated alkanes) is 18. The number of carboxylic acid groups (broad SMARTS) is 1. The van der Waals surface area contributed by atoms with Crippen molar-refractivity contribution in [2.75, 3.05) is 41.0 Å². The van der Waals surface area contributed by atoms with E-state index in [4.69, 9.17) is 14.2 Å². The van der Waals surface area contributed by atoms with Crippen molar-refractivity contribution in [3.8, 4) is 0 Å². The molecule has 0 radical (unpaired) electrons. The Balaban J connectivity index is 4.28. The Morgan fingerprint density at radius 3 is 1.60 bits per heavy atom. The molecular formula is C44H79NO7. The molecule has 0 aliphatic carbocycles. The highest BCUT2D eigenvalue weighted by Crippen LogP contribution is 2.14. The molecule has 0 saturated heterocycles. The van der Waals surface area contributed by atoms with Crippen LogP contribution >= 0.6 is 0 Å². The number of aliphatic carboxylic acids is 1. The highest BCUT2D eigenvalue weighted by Gasteiger charge is 2.25. The Morgan fingerprint density at radius 2 is 1.04 bits per heavy atom. The summed E-state index contributed by atoms with van der Waals surface area (Å²) in [5.74, 6) is -1.78. The fourth-order valence-electron chi connectivity index (χ4n) is 5.95. The van der Waals surface area contributed by atoms with Gasteiger partial charge in [-0.1, -0.05) is 134 Å². The summed E-state index contributed by atoms with van der Waals surface area (Å²) in [4.78, 5) is 36.7. The summed E-state index contributed by atoms with van der Waals surface area (Å²) in [6.45, 7) is 4.56. The molecule has 0 spiro atoms. The smallest absolute Gasteiger partial charge is 0.306 e. The zero-order valence-electron chi connectivity index (χ0n) is 34.2. The predicted octanol–water partition coefficient (Wildman–Crippen LogP) is 9.74. The average molecular weight is 734 g/mol. The lowest BCUT2D eigenvalue weighted by Crippen LogP contribution is -2.55. The van der Waals surface area contributed by atoms with Gasteiger partial charge in [0.2, 0.25) is 0 Å². The monoisotopic (exact) mass is 734 g/mol. The van der Waals surface area contributed by atoms with Crippen LogP contribution in [0.2, 0.25) is 0 Å². The molecule has 0 heterocycles. The number of carbonyl (C=O) groups is 3. The van der Waals surface area contributed by atoms with Gasteiger partial charge in [0, 0.05) is 19.3 Å². The van der Waals surface area contributed by atoms with Crippen molar-refractivity contribution >= 4 is 17.9 Å². The van der Waals surface area contributed by atoms with Gasteiger partial charge in [0.25, 0.3) is 0 Å². The molecule has 0 fully saturated rings. The van der Waals surface area contributed by atoms with E-state index in [1.165, 1.54) is 103 Å². The van der Waals surface area contributed by atoms with Gasteiger partial charge in [0.1, 0.15) is 12.6 Å². The Morgan fingerprint density at radius 1 is 0.577 bits per heavy atom. The van der Waals surface area contributed by atoms with Gasteiger partial charge in [0.05, 0.1) is 40.3 Å². The number of quaternary nitrogens is 1. The number of hydrogen-bond acceptors (Lipinski definition) is 7. The van der Waals surface area contributed by atoms with Crippen molar-refractivity contribution in [3.05, 3.63) is 36.5 Å². The van der Waals surface area contributed by atoms with E-state index in [0.29, 0.717) is 12.8 Å². The molecule has 0 N–H and O–H groups in total. The molecule has 302 valence electrons. The van der Waals surface area contributed by atoms with Crippen molar-refractivity contribution in [1.29, 1.82) is 0 Å². The van der Waals surface area contributed by atoms with Crippen LogP contribution in [0.3, 0.4) is 0 Å². The van der Waals surface area contributed by atoms with Crippen LogP contribution in [-0.2, 0) is 28.6 Å². The number of carbonyl (C=O) groups excluding carboxylic acids is 3. The Labute approximate surface area is 319 Å². The van der Waals surface area contributed by atoms with Crippen LogP contribution in [0.4, 0.5) is 0 Å². The van der Waals surface area contributed by atoms with Crippen LogP contribution in [0.5, 0.6) is 0 Å². The minimum atomic E-state index is -1.13. The first-order chi connectivity index (χ1) is 25.1. The van der Waals surface area contributed by atoms with Crippen molar-refractivity contribution in [2.45, 2.75) is 187 Å². The van der Waals surface area contributed by atoms with Crippen molar-refractivity contribution in [2.24, 2.45) is 0 Å². The van der Waals surface area contributed by atoms with Gasteiger partial charge < -0.3 is 28.6 Å². The number of carboxylic acids is 1. The van der Waals surface area contributed by atoms with Crippen LogP contribution in [0.1, 0.15) is 174 Å².